The van der Waals surface area contributed by atoms with Gasteiger partial charge in [0.05, 0.1) is 12.0 Å². The van der Waals surface area contributed by atoms with Crippen LogP contribution in [0.25, 0.3) is 6.08 Å². The van der Waals surface area contributed by atoms with Crippen molar-refractivity contribution in [3.05, 3.63) is 149 Å². The van der Waals surface area contributed by atoms with Crippen molar-refractivity contribution in [3.8, 4) is 0 Å². The van der Waals surface area contributed by atoms with Crippen LogP contribution in [0.1, 0.15) is 43.3 Å². The molecule has 200 valence electrons. The molecule has 1 heterocycles. The quantitative estimate of drug-likeness (QED) is 0.279. The van der Waals surface area contributed by atoms with Crippen molar-refractivity contribution < 1.29 is 23.9 Å². The Morgan fingerprint density at radius 3 is 2.05 bits per heavy atom. The van der Waals surface area contributed by atoms with Gasteiger partial charge in [-0.15, -0.1) is 0 Å². The third kappa shape index (κ3) is 5.34. The minimum Gasteiger partial charge on any atom is -0.480 e. The van der Waals surface area contributed by atoms with Crippen molar-refractivity contribution >= 4 is 23.7 Å². The number of carboxylic acids is 1. The highest BCUT2D eigenvalue weighted by Gasteiger charge is 2.56. The van der Waals surface area contributed by atoms with Gasteiger partial charge >= 0.3 is 5.97 Å². The third-order valence-electron chi connectivity index (χ3n) is 7.37. The van der Waals surface area contributed by atoms with Gasteiger partial charge in [-0.3, -0.25) is 9.59 Å². The summed E-state index contributed by atoms with van der Waals surface area (Å²) in [5.74, 6) is -4.37. The van der Waals surface area contributed by atoms with Crippen LogP contribution in [-0.2, 0) is 4.79 Å². The van der Waals surface area contributed by atoms with Gasteiger partial charge in [0.1, 0.15) is 11.9 Å². The lowest BCUT2D eigenvalue weighted by Gasteiger charge is -2.28. The second kappa shape index (κ2) is 11.5. The third-order valence-corrected chi connectivity index (χ3v) is 7.37. The Labute approximate surface area is 232 Å². The summed E-state index contributed by atoms with van der Waals surface area (Å²) >= 11 is 0. The highest BCUT2D eigenvalue weighted by Crippen LogP contribution is 2.46. The molecule has 1 amide bonds. The Morgan fingerprint density at radius 2 is 1.43 bits per heavy atom. The smallest absolute Gasteiger partial charge is 0.327 e. The van der Waals surface area contributed by atoms with E-state index in [1.807, 2.05) is 43.3 Å². The first-order chi connectivity index (χ1) is 19.3. The lowest BCUT2D eigenvalue weighted by molar-refractivity contribution is -0.142. The van der Waals surface area contributed by atoms with E-state index in [2.05, 4.69) is 0 Å². The zero-order valence-corrected chi connectivity index (χ0v) is 21.9. The van der Waals surface area contributed by atoms with E-state index in [9.17, 15) is 23.9 Å². The van der Waals surface area contributed by atoms with Gasteiger partial charge in [0.15, 0.2) is 5.78 Å². The van der Waals surface area contributed by atoms with Gasteiger partial charge in [-0.25, -0.2) is 9.18 Å². The lowest BCUT2D eigenvalue weighted by atomic mass is 9.77. The number of rotatable bonds is 7. The summed E-state index contributed by atoms with van der Waals surface area (Å²) in [6.07, 6.45) is 3.55. The fraction of sp³-hybridized carbons (Fsp3) is 0.147. The molecule has 4 aromatic rings. The Bertz CT molecular complexity index is 1550. The topological polar surface area (TPSA) is 74.7 Å². The molecule has 5 rings (SSSR count). The molecule has 1 aliphatic heterocycles. The molecule has 1 fully saturated rings. The average Bonchev–Trinajstić information content (AvgIpc) is 3.32. The molecule has 0 bridgehead atoms. The van der Waals surface area contributed by atoms with E-state index < -0.39 is 41.6 Å². The zero-order valence-electron chi connectivity index (χ0n) is 21.9. The van der Waals surface area contributed by atoms with Crippen LogP contribution in [-0.4, -0.2) is 39.7 Å². The largest absolute Gasteiger partial charge is 0.480 e. The maximum absolute atomic E-state index is 14.3. The van der Waals surface area contributed by atoms with E-state index in [1.165, 1.54) is 29.2 Å². The molecule has 0 aliphatic carbocycles. The number of aryl methyl sites for hydroxylation is 1. The van der Waals surface area contributed by atoms with Crippen molar-refractivity contribution in [3.63, 3.8) is 0 Å². The second-order valence-electron chi connectivity index (χ2n) is 9.96. The first kappa shape index (κ1) is 26.8. The number of hydrogen-bond donors (Lipinski definition) is 1. The summed E-state index contributed by atoms with van der Waals surface area (Å²) in [4.78, 5) is 42.6. The van der Waals surface area contributed by atoms with E-state index in [-0.39, 0.29) is 5.78 Å². The molecule has 1 N–H and O–H groups in total. The highest BCUT2D eigenvalue weighted by molar-refractivity contribution is 6.03. The molecule has 6 heteroatoms. The summed E-state index contributed by atoms with van der Waals surface area (Å²) in [5, 5.41) is 10.6. The van der Waals surface area contributed by atoms with E-state index in [0.29, 0.717) is 16.7 Å². The fourth-order valence-electron chi connectivity index (χ4n) is 5.57. The number of halogens is 1. The molecule has 5 nitrogen and oxygen atoms in total. The minimum atomic E-state index is -1.37. The van der Waals surface area contributed by atoms with Crippen LogP contribution in [0.5, 0.6) is 0 Å². The van der Waals surface area contributed by atoms with E-state index >= 15 is 0 Å². The van der Waals surface area contributed by atoms with Crippen LogP contribution in [0, 0.1) is 18.7 Å². The number of amides is 1. The Hall–Kier alpha value is -4.84. The molecule has 4 unspecified atom stereocenters. The van der Waals surface area contributed by atoms with Crippen LogP contribution in [0.2, 0.25) is 0 Å². The van der Waals surface area contributed by atoms with Crippen LogP contribution >= 0.6 is 0 Å². The van der Waals surface area contributed by atoms with Crippen LogP contribution < -0.4 is 0 Å². The number of ketones is 1. The number of likely N-dealkylation sites (tertiary alicyclic amines) is 1. The molecule has 0 spiro atoms. The number of aliphatic carboxylic acids is 1. The molecule has 1 aliphatic rings. The van der Waals surface area contributed by atoms with Crippen LogP contribution in [0.15, 0.2) is 115 Å². The summed E-state index contributed by atoms with van der Waals surface area (Å²) < 4.78 is 13.9. The van der Waals surface area contributed by atoms with E-state index in [4.69, 9.17) is 0 Å². The molecule has 1 saturated heterocycles. The Balaban J connectivity index is 1.73. The molecule has 0 saturated carbocycles. The average molecular weight is 534 g/mol. The van der Waals surface area contributed by atoms with Crippen molar-refractivity contribution in [1.29, 1.82) is 0 Å². The normalized spacial score (nSPS) is 20.5. The molecule has 0 radical (unpaired) electrons. The standard InChI is InChI=1S/C34H28FNO4/c1-22-9-8-14-26(21-22)32(37)30-28(20-15-23-10-4-2-5-11-23)36(33(38)25-12-6-3-7-13-25)31(34(39)40)29(30)24-16-18-27(35)19-17-24/h2-21,28-31H,1H3,(H,39,40). The maximum Gasteiger partial charge on any atom is 0.327 e. The molecule has 4 atom stereocenters. The first-order valence-corrected chi connectivity index (χ1v) is 13.1. The van der Waals surface area contributed by atoms with Crippen molar-refractivity contribution in [1.82, 2.24) is 4.90 Å². The zero-order chi connectivity index (χ0) is 28.2. The van der Waals surface area contributed by atoms with Gasteiger partial charge in [0, 0.05) is 17.0 Å². The molecule has 0 aromatic heterocycles. The maximum atomic E-state index is 14.3. The van der Waals surface area contributed by atoms with Gasteiger partial charge < -0.3 is 10.0 Å². The van der Waals surface area contributed by atoms with Gasteiger partial charge in [-0.05, 0) is 48.4 Å². The van der Waals surface area contributed by atoms with Gasteiger partial charge in [-0.1, -0.05) is 96.6 Å². The van der Waals surface area contributed by atoms with Crippen molar-refractivity contribution in [2.24, 2.45) is 5.92 Å². The number of carboxylic acid groups (broad SMARTS) is 1. The number of carbonyl (C=O) groups excluding carboxylic acids is 2. The SMILES string of the molecule is Cc1cccc(C(=O)C2C(c3ccc(F)cc3)C(C(=O)O)N(C(=O)c3ccccc3)C2C=Cc2ccccc2)c1. The number of carbonyl (C=O) groups is 3. The number of hydrogen-bond acceptors (Lipinski definition) is 3. The number of Topliss-reactive ketones (excluding diaryl/α,β-unsaturated/α-hetero) is 1. The molecular formula is C34H28FNO4. The summed E-state index contributed by atoms with van der Waals surface area (Å²) in [6, 6.07) is 28.2. The monoisotopic (exact) mass is 533 g/mol. The highest BCUT2D eigenvalue weighted by atomic mass is 19.1. The molecule has 40 heavy (non-hydrogen) atoms. The number of nitrogens with zero attached hydrogens (tertiary/aromatic N) is 1. The van der Waals surface area contributed by atoms with Gasteiger partial charge in [0.25, 0.3) is 5.91 Å². The predicted molar refractivity (Wildman–Crippen MR) is 151 cm³/mol. The summed E-state index contributed by atoms with van der Waals surface area (Å²) in [6.45, 7) is 1.88. The minimum absolute atomic E-state index is 0.282. The summed E-state index contributed by atoms with van der Waals surface area (Å²) in [7, 11) is 0. The second-order valence-corrected chi connectivity index (χ2v) is 9.96. The summed E-state index contributed by atoms with van der Waals surface area (Å²) in [5.41, 5.74) is 2.93. The Morgan fingerprint density at radius 1 is 0.800 bits per heavy atom. The van der Waals surface area contributed by atoms with Crippen molar-refractivity contribution in [2.45, 2.75) is 24.9 Å². The van der Waals surface area contributed by atoms with Crippen LogP contribution in [0.3, 0.4) is 0 Å². The van der Waals surface area contributed by atoms with Crippen molar-refractivity contribution in [2.75, 3.05) is 0 Å². The molecule has 4 aromatic carbocycles. The van der Waals surface area contributed by atoms with Gasteiger partial charge in [0.2, 0.25) is 0 Å². The van der Waals surface area contributed by atoms with Gasteiger partial charge in [-0.2, -0.15) is 0 Å². The fourth-order valence-corrected chi connectivity index (χ4v) is 5.57. The van der Waals surface area contributed by atoms with E-state index in [0.717, 1.165) is 11.1 Å². The lowest BCUT2D eigenvalue weighted by Crippen LogP contribution is -2.46. The Kier molecular flexibility index (Phi) is 7.69. The van der Waals surface area contributed by atoms with E-state index in [1.54, 1.807) is 60.7 Å². The molecular weight excluding hydrogens is 505 g/mol. The first-order valence-electron chi connectivity index (χ1n) is 13.1. The van der Waals surface area contributed by atoms with Crippen LogP contribution in [0.4, 0.5) is 4.39 Å². The number of benzene rings is 4. The predicted octanol–water partition coefficient (Wildman–Crippen LogP) is 6.41.